The smallest absolute Gasteiger partial charge is 0.243 e. The molecule has 0 atom stereocenters. The Bertz CT molecular complexity index is 1320. The van der Waals surface area contributed by atoms with E-state index in [1.807, 2.05) is 56.3 Å². The summed E-state index contributed by atoms with van der Waals surface area (Å²) in [7, 11) is -3.74. The second kappa shape index (κ2) is 7.84. The number of pyridine rings is 1. The highest BCUT2D eigenvalue weighted by Crippen LogP contribution is 2.33. The summed E-state index contributed by atoms with van der Waals surface area (Å²) in [5.41, 5.74) is 2.85. The number of aromatic nitrogens is 2. The van der Waals surface area contributed by atoms with Gasteiger partial charge in [0.05, 0.1) is 16.2 Å². The van der Waals surface area contributed by atoms with E-state index in [0.717, 1.165) is 32.2 Å². The zero-order valence-corrected chi connectivity index (χ0v) is 18.2. The van der Waals surface area contributed by atoms with Crippen molar-refractivity contribution in [2.75, 3.05) is 0 Å². The van der Waals surface area contributed by atoms with Gasteiger partial charge in [0.15, 0.2) is 0 Å². The molecule has 1 N–H and O–H groups in total. The zero-order valence-electron chi connectivity index (χ0n) is 15.8. The van der Waals surface area contributed by atoms with Gasteiger partial charge in [0.1, 0.15) is 9.90 Å². The van der Waals surface area contributed by atoms with Crippen LogP contribution in [0.3, 0.4) is 0 Å². The number of para-hydroxylation sites is 1. The normalized spacial score (nSPS) is 11.8. The van der Waals surface area contributed by atoms with Gasteiger partial charge < -0.3 is 0 Å². The van der Waals surface area contributed by atoms with Crippen LogP contribution < -0.4 is 4.72 Å². The van der Waals surface area contributed by atoms with Crippen LogP contribution in [0.4, 0.5) is 0 Å². The number of aryl methyl sites for hydroxylation is 2. The van der Waals surface area contributed by atoms with Gasteiger partial charge in [0, 0.05) is 28.1 Å². The van der Waals surface area contributed by atoms with Crippen molar-refractivity contribution >= 4 is 43.9 Å². The van der Waals surface area contributed by atoms with Crippen LogP contribution in [0.25, 0.3) is 21.5 Å². The van der Waals surface area contributed by atoms with Gasteiger partial charge in [-0.2, -0.15) is 0 Å². The first kappa shape index (κ1) is 20.0. The Hall–Kier alpha value is -2.32. The lowest BCUT2D eigenvalue weighted by Gasteiger charge is -2.09. The predicted molar refractivity (Wildman–Crippen MR) is 118 cm³/mol. The lowest BCUT2D eigenvalue weighted by Crippen LogP contribution is -2.23. The van der Waals surface area contributed by atoms with Gasteiger partial charge in [-0.3, -0.25) is 4.98 Å². The Morgan fingerprint density at radius 3 is 2.59 bits per heavy atom. The van der Waals surface area contributed by atoms with E-state index < -0.39 is 10.0 Å². The fourth-order valence-electron chi connectivity index (χ4n) is 3.01. The Morgan fingerprint density at radius 1 is 1.00 bits per heavy atom. The SMILES string of the molecule is Cc1ccc2cccc(S(=O)(=O)NCc3sc(-c4ccccc4Cl)nc3C)c2n1. The first-order chi connectivity index (χ1) is 13.8. The lowest BCUT2D eigenvalue weighted by atomic mass is 10.2. The van der Waals surface area contributed by atoms with Gasteiger partial charge in [-0.1, -0.05) is 48.0 Å². The maximum Gasteiger partial charge on any atom is 0.243 e. The molecule has 0 aliphatic carbocycles. The Labute approximate surface area is 178 Å². The molecule has 0 spiro atoms. The van der Waals surface area contributed by atoms with Crippen LogP contribution in [0.15, 0.2) is 59.5 Å². The van der Waals surface area contributed by atoms with Gasteiger partial charge in [-0.15, -0.1) is 11.3 Å². The van der Waals surface area contributed by atoms with E-state index in [1.54, 1.807) is 12.1 Å². The lowest BCUT2D eigenvalue weighted by molar-refractivity contribution is 0.582. The fraction of sp³-hybridized carbons (Fsp3) is 0.143. The molecule has 0 saturated carbocycles. The molecule has 4 rings (SSSR count). The molecule has 148 valence electrons. The molecule has 29 heavy (non-hydrogen) atoms. The average molecular weight is 444 g/mol. The summed E-state index contributed by atoms with van der Waals surface area (Å²) in [5.74, 6) is 0. The van der Waals surface area contributed by atoms with Gasteiger partial charge in [-0.25, -0.2) is 18.1 Å². The van der Waals surface area contributed by atoms with Crippen LogP contribution >= 0.6 is 22.9 Å². The maximum atomic E-state index is 13.0. The molecule has 0 aliphatic heterocycles. The van der Waals surface area contributed by atoms with Gasteiger partial charge in [0.2, 0.25) is 10.0 Å². The van der Waals surface area contributed by atoms with E-state index in [1.165, 1.54) is 11.3 Å². The first-order valence-electron chi connectivity index (χ1n) is 8.92. The number of hydrogen-bond donors (Lipinski definition) is 1. The fourth-order valence-corrected chi connectivity index (χ4v) is 5.59. The number of hydrogen-bond acceptors (Lipinski definition) is 5. The number of rotatable bonds is 5. The van der Waals surface area contributed by atoms with Crippen molar-refractivity contribution in [3.8, 4) is 10.6 Å². The highest BCUT2D eigenvalue weighted by molar-refractivity contribution is 7.89. The highest BCUT2D eigenvalue weighted by Gasteiger charge is 2.20. The summed E-state index contributed by atoms with van der Waals surface area (Å²) in [5, 5.41) is 2.17. The summed E-state index contributed by atoms with van der Waals surface area (Å²) >= 11 is 7.70. The molecule has 2 heterocycles. The molecule has 0 unspecified atom stereocenters. The minimum Gasteiger partial charge on any atom is -0.252 e. The van der Waals surface area contributed by atoms with Crippen molar-refractivity contribution in [3.05, 3.63) is 75.9 Å². The Kier molecular flexibility index (Phi) is 5.40. The zero-order chi connectivity index (χ0) is 20.6. The topological polar surface area (TPSA) is 72.0 Å². The average Bonchev–Trinajstić information content (AvgIpc) is 3.06. The van der Waals surface area contributed by atoms with Crippen LogP contribution in [0, 0.1) is 13.8 Å². The molecule has 0 amide bonds. The van der Waals surface area contributed by atoms with Crippen molar-refractivity contribution in [2.24, 2.45) is 0 Å². The van der Waals surface area contributed by atoms with Crippen molar-refractivity contribution in [1.29, 1.82) is 0 Å². The molecule has 0 fully saturated rings. The first-order valence-corrected chi connectivity index (χ1v) is 11.6. The molecule has 0 aliphatic rings. The number of nitrogens with one attached hydrogen (secondary N) is 1. The standard InChI is InChI=1S/C21H18ClN3O2S2/c1-13-10-11-15-6-5-9-19(20(15)24-13)29(26,27)23-12-18-14(2)25-21(28-18)16-7-3-4-8-17(16)22/h3-11,23H,12H2,1-2H3. The largest absolute Gasteiger partial charge is 0.252 e. The van der Waals surface area contributed by atoms with Gasteiger partial charge in [-0.05, 0) is 32.0 Å². The molecule has 0 bridgehead atoms. The molecular formula is C21H18ClN3O2S2. The van der Waals surface area contributed by atoms with E-state index in [9.17, 15) is 8.42 Å². The van der Waals surface area contributed by atoms with Crippen molar-refractivity contribution in [1.82, 2.24) is 14.7 Å². The van der Waals surface area contributed by atoms with Gasteiger partial charge in [0.25, 0.3) is 0 Å². The number of sulfonamides is 1. The third-order valence-electron chi connectivity index (χ3n) is 4.53. The van der Waals surface area contributed by atoms with Crippen LogP contribution in [0.2, 0.25) is 5.02 Å². The predicted octanol–water partition coefficient (Wildman–Crippen LogP) is 5.11. The molecule has 8 heteroatoms. The van der Waals surface area contributed by atoms with E-state index >= 15 is 0 Å². The molecule has 0 radical (unpaired) electrons. The van der Waals surface area contributed by atoms with Crippen molar-refractivity contribution in [2.45, 2.75) is 25.3 Å². The Morgan fingerprint density at radius 2 is 1.79 bits per heavy atom. The summed E-state index contributed by atoms with van der Waals surface area (Å²) in [4.78, 5) is 10.0. The molecule has 2 aromatic carbocycles. The number of halogens is 1. The second-order valence-corrected chi connectivity index (χ2v) is 9.84. The van der Waals surface area contributed by atoms with E-state index in [0.29, 0.717) is 10.5 Å². The third kappa shape index (κ3) is 4.04. The molecule has 4 aromatic rings. The Balaban J connectivity index is 1.63. The molecule has 5 nitrogen and oxygen atoms in total. The molecular weight excluding hydrogens is 426 g/mol. The van der Waals surface area contributed by atoms with Crippen LogP contribution in [-0.2, 0) is 16.6 Å². The summed E-state index contributed by atoms with van der Waals surface area (Å²) in [6.07, 6.45) is 0. The molecule has 0 saturated heterocycles. The monoisotopic (exact) mass is 443 g/mol. The van der Waals surface area contributed by atoms with Crippen LogP contribution in [0.5, 0.6) is 0 Å². The summed E-state index contributed by atoms with van der Waals surface area (Å²) < 4.78 is 28.7. The number of benzene rings is 2. The number of thiazole rings is 1. The van der Waals surface area contributed by atoms with Crippen molar-refractivity contribution < 1.29 is 8.42 Å². The maximum absolute atomic E-state index is 13.0. The molecule has 2 aromatic heterocycles. The summed E-state index contributed by atoms with van der Waals surface area (Å²) in [6.45, 7) is 3.86. The minimum absolute atomic E-state index is 0.151. The van der Waals surface area contributed by atoms with E-state index in [4.69, 9.17) is 11.6 Å². The quantitative estimate of drug-likeness (QED) is 0.465. The summed E-state index contributed by atoms with van der Waals surface area (Å²) in [6, 6.07) is 16.4. The van der Waals surface area contributed by atoms with Crippen LogP contribution in [0.1, 0.15) is 16.3 Å². The third-order valence-corrected chi connectivity index (χ3v) is 7.48. The van der Waals surface area contributed by atoms with E-state index in [-0.39, 0.29) is 11.4 Å². The number of fused-ring (bicyclic) bond motifs is 1. The second-order valence-electron chi connectivity index (χ2n) is 6.61. The van der Waals surface area contributed by atoms with Gasteiger partial charge >= 0.3 is 0 Å². The number of nitrogens with zero attached hydrogens (tertiary/aromatic N) is 2. The van der Waals surface area contributed by atoms with Crippen molar-refractivity contribution in [3.63, 3.8) is 0 Å². The highest BCUT2D eigenvalue weighted by atomic mass is 35.5. The van der Waals surface area contributed by atoms with E-state index in [2.05, 4.69) is 14.7 Å². The minimum atomic E-state index is -3.74. The van der Waals surface area contributed by atoms with Crippen LogP contribution in [-0.4, -0.2) is 18.4 Å².